The van der Waals surface area contributed by atoms with Crippen LogP contribution in [0.25, 0.3) is 0 Å². The van der Waals surface area contributed by atoms with Crippen molar-refractivity contribution in [1.82, 2.24) is 9.47 Å². The molecule has 1 fully saturated rings. The largest absolute Gasteiger partial charge is 0.356 e. The van der Waals surface area contributed by atoms with E-state index in [1.807, 2.05) is 23.6 Å². The second-order valence-corrected chi connectivity index (χ2v) is 9.27. The van der Waals surface area contributed by atoms with Crippen LogP contribution in [0.2, 0.25) is 0 Å². The third kappa shape index (κ3) is 4.38. The number of fused-ring (bicyclic) bond motifs is 4. The van der Waals surface area contributed by atoms with Crippen molar-refractivity contribution in [2.45, 2.75) is 25.8 Å². The second-order valence-electron chi connectivity index (χ2n) is 7.67. The quantitative estimate of drug-likeness (QED) is 0.756. The third-order valence-electron chi connectivity index (χ3n) is 5.54. The maximum Gasteiger partial charge on any atom is 0.250 e. The number of rotatable bonds is 3. The lowest BCUT2D eigenvalue weighted by Crippen LogP contribution is -2.48. The Morgan fingerprint density at radius 3 is 2.93 bits per heavy atom. The number of thioether (sulfide) groups is 1. The molecule has 2 bridgehead atoms. The summed E-state index contributed by atoms with van der Waals surface area (Å²) < 4.78 is 16.0. The van der Waals surface area contributed by atoms with Crippen molar-refractivity contribution < 1.29 is 9.18 Å². The Balaban J connectivity index is 1.36. The molecule has 2 atom stereocenters. The first-order chi connectivity index (χ1) is 13.9. The van der Waals surface area contributed by atoms with E-state index in [1.54, 1.807) is 12.1 Å². The maximum absolute atomic E-state index is 13.4. The summed E-state index contributed by atoms with van der Waals surface area (Å²) in [6.07, 6.45) is 1.06. The molecule has 2 aliphatic heterocycles. The number of nitrogens with zero attached hydrogens (tertiary/aromatic N) is 2. The van der Waals surface area contributed by atoms with E-state index in [0.29, 0.717) is 22.5 Å². The molecule has 0 radical (unpaired) electrons. The molecule has 2 aromatic rings. The van der Waals surface area contributed by atoms with Crippen LogP contribution in [-0.2, 0) is 11.3 Å². The molecule has 0 aliphatic carbocycles. The molecule has 3 heterocycles. The highest BCUT2D eigenvalue weighted by Crippen LogP contribution is 2.36. The molecular weight excluding hydrogens is 409 g/mol. The normalized spacial score (nSPS) is 20.1. The van der Waals surface area contributed by atoms with E-state index in [1.165, 1.54) is 23.9 Å². The first kappa shape index (κ1) is 20.1. The molecule has 8 heteroatoms. The number of carbonyl (C=O) groups excluding carboxylic acids is 1. The van der Waals surface area contributed by atoms with Crippen LogP contribution in [0.4, 0.5) is 10.1 Å². The van der Waals surface area contributed by atoms with Gasteiger partial charge in [-0.3, -0.25) is 9.59 Å². The number of benzene rings is 1. The molecule has 1 saturated heterocycles. The van der Waals surface area contributed by atoms with Gasteiger partial charge < -0.3 is 14.8 Å². The molecule has 152 valence electrons. The van der Waals surface area contributed by atoms with Gasteiger partial charge in [0, 0.05) is 43.0 Å². The number of halogens is 1. The Bertz CT molecular complexity index is 1020. The first-order valence-corrected chi connectivity index (χ1v) is 11.0. The summed E-state index contributed by atoms with van der Waals surface area (Å²) in [5.74, 6) is 0.243. The first-order valence-electron chi connectivity index (χ1n) is 9.58. The molecule has 1 amide bonds. The molecule has 29 heavy (non-hydrogen) atoms. The minimum Gasteiger partial charge on any atom is -0.356 e. The van der Waals surface area contributed by atoms with Gasteiger partial charge in [-0.25, -0.2) is 4.39 Å². The molecule has 5 nitrogen and oxygen atoms in total. The minimum atomic E-state index is -0.381. The number of anilines is 1. The van der Waals surface area contributed by atoms with Crippen LogP contribution >= 0.6 is 24.0 Å². The van der Waals surface area contributed by atoms with E-state index >= 15 is 0 Å². The van der Waals surface area contributed by atoms with Crippen LogP contribution in [0.1, 0.15) is 23.6 Å². The molecule has 0 unspecified atom stereocenters. The van der Waals surface area contributed by atoms with Crippen molar-refractivity contribution in [2.75, 3.05) is 24.2 Å². The van der Waals surface area contributed by atoms with E-state index in [0.717, 1.165) is 30.8 Å². The molecule has 2 aliphatic rings. The summed E-state index contributed by atoms with van der Waals surface area (Å²) in [6, 6.07) is 9.78. The van der Waals surface area contributed by atoms with E-state index in [9.17, 15) is 14.0 Å². The highest BCUT2D eigenvalue weighted by molar-refractivity contribution is 8.23. The summed E-state index contributed by atoms with van der Waals surface area (Å²) in [6.45, 7) is 4.10. The molecule has 1 aromatic heterocycles. The highest BCUT2D eigenvalue weighted by atomic mass is 32.2. The van der Waals surface area contributed by atoms with Gasteiger partial charge in [0.1, 0.15) is 10.1 Å². The summed E-state index contributed by atoms with van der Waals surface area (Å²) >= 11 is 6.91. The Labute approximate surface area is 178 Å². The van der Waals surface area contributed by atoms with Crippen molar-refractivity contribution >= 4 is 39.9 Å². The van der Waals surface area contributed by atoms with Crippen molar-refractivity contribution in [3.8, 4) is 0 Å². The minimum absolute atomic E-state index is 0.0620. The zero-order chi connectivity index (χ0) is 20.5. The summed E-state index contributed by atoms with van der Waals surface area (Å²) in [4.78, 5) is 26.6. The topological polar surface area (TPSA) is 54.3 Å². The van der Waals surface area contributed by atoms with Gasteiger partial charge in [0.2, 0.25) is 5.91 Å². The second kappa shape index (κ2) is 8.28. The van der Waals surface area contributed by atoms with Gasteiger partial charge in [0.05, 0.1) is 5.75 Å². The predicted molar refractivity (Wildman–Crippen MR) is 118 cm³/mol. The van der Waals surface area contributed by atoms with Gasteiger partial charge in [0.25, 0.3) is 5.56 Å². The van der Waals surface area contributed by atoms with Crippen LogP contribution in [-0.4, -0.2) is 38.5 Å². The summed E-state index contributed by atoms with van der Waals surface area (Å²) in [7, 11) is 0. The fraction of sp³-hybridized carbons (Fsp3) is 0.381. The monoisotopic (exact) mass is 431 g/mol. The Morgan fingerprint density at radius 2 is 2.10 bits per heavy atom. The van der Waals surface area contributed by atoms with Crippen molar-refractivity contribution in [1.29, 1.82) is 0 Å². The highest BCUT2D eigenvalue weighted by Gasteiger charge is 2.35. The summed E-state index contributed by atoms with van der Waals surface area (Å²) in [5, 5.41) is 2.75. The lowest BCUT2D eigenvalue weighted by Gasteiger charge is -2.43. The van der Waals surface area contributed by atoms with E-state index in [-0.39, 0.29) is 29.0 Å². The Morgan fingerprint density at radius 1 is 1.28 bits per heavy atom. The number of pyridine rings is 1. The van der Waals surface area contributed by atoms with Crippen LogP contribution in [0, 0.1) is 18.7 Å². The summed E-state index contributed by atoms with van der Waals surface area (Å²) in [5.41, 5.74) is 2.43. The average molecular weight is 432 g/mol. The number of amides is 1. The average Bonchev–Trinajstić information content (AvgIpc) is 2.69. The molecule has 0 spiro atoms. The molecular formula is C21H22FN3O2S2. The maximum atomic E-state index is 13.4. The van der Waals surface area contributed by atoms with E-state index < -0.39 is 0 Å². The molecule has 4 rings (SSSR count). The van der Waals surface area contributed by atoms with Crippen molar-refractivity contribution in [3.05, 3.63) is 63.8 Å². The number of nitrogens with one attached hydrogen (secondary N) is 1. The number of aromatic nitrogens is 1. The number of aryl methyl sites for hydroxylation is 1. The van der Waals surface area contributed by atoms with Crippen LogP contribution in [0.3, 0.4) is 0 Å². The fourth-order valence-corrected chi connectivity index (χ4v) is 5.16. The number of likely N-dealkylation sites (tertiary alicyclic amines) is 1. The number of carbonyl (C=O) groups is 1. The van der Waals surface area contributed by atoms with Crippen LogP contribution in [0.5, 0.6) is 0 Å². The van der Waals surface area contributed by atoms with Crippen molar-refractivity contribution in [3.63, 3.8) is 0 Å². The zero-order valence-electron chi connectivity index (χ0n) is 16.1. The Kier molecular flexibility index (Phi) is 5.74. The fourth-order valence-electron chi connectivity index (χ4n) is 4.18. The van der Waals surface area contributed by atoms with Gasteiger partial charge in [-0.05, 0) is 43.0 Å². The van der Waals surface area contributed by atoms with Crippen molar-refractivity contribution in [2.24, 2.45) is 5.92 Å². The SMILES string of the molecule is Cc1ccc(F)cc1NC(=O)CSC(=S)N1C[C@H]2C[C@@H](C1)c1cccc(=O)n1C2. The molecule has 0 saturated carbocycles. The van der Waals surface area contributed by atoms with Gasteiger partial charge in [-0.2, -0.15) is 0 Å². The van der Waals surface area contributed by atoms with Gasteiger partial charge in [-0.1, -0.05) is 36.1 Å². The number of hydrogen-bond acceptors (Lipinski definition) is 4. The van der Waals surface area contributed by atoms with Gasteiger partial charge in [0.15, 0.2) is 0 Å². The van der Waals surface area contributed by atoms with Crippen LogP contribution < -0.4 is 10.9 Å². The third-order valence-corrected chi connectivity index (χ3v) is 7.06. The predicted octanol–water partition coefficient (Wildman–Crippen LogP) is 3.37. The molecule has 1 aromatic carbocycles. The lowest BCUT2D eigenvalue weighted by atomic mass is 9.83. The van der Waals surface area contributed by atoms with Gasteiger partial charge >= 0.3 is 0 Å². The van der Waals surface area contributed by atoms with Gasteiger partial charge in [-0.15, -0.1) is 0 Å². The smallest absolute Gasteiger partial charge is 0.250 e. The standard InChI is InChI=1S/C21H22FN3O2S2/c1-13-5-6-16(22)8-17(13)23-19(26)12-29-21(28)24-9-14-7-15(11-24)18-3-2-4-20(27)25(18)10-14/h2-6,8,14-15H,7,9-12H2,1H3,(H,23,26)/t14-,15+/m1/s1. The Hall–Kier alpha value is -2.19. The number of thiocarbonyl (C=S) groups is 1. The van der Waals surface area contributed by atoms with E-state index in [4.69, 9.17) is 12.2 Å². The lowest BCUT2D eigenvalue weighted by molar-refractivity contribution is -0.113. The van der Waals surface area contributed by atoms with Crippen LogP contribution in [0.15, 0.2) is 41.2 Å². The van der Waals surface area contributed by atoms with E-state index in [2.05, 4.69) is 10.2 Å². The number of piperidine rings is 1. The zero-order valence-corrected chi connectivity index (χ0v) is 17.7. The number of hydrogen-bond donors (Lipinski definition) is 1. The molecule has 1 N–H and O–H groups in total.